The van der Waals surface area contributed by atoms with Crippen molar-refractivity contribution in [2.24, 2.45) is 0 Å². The third-order valence-corrected chi connectivity index (χ3v) is 7.57. The molecule has 0 bridgehead atoms. The monoisotopic (exact) mass is 613 g/mol. The quantitative estimate of drug-likeness (QED) is 0.197. The third kappa shape index (κ3) is 4.72. The molecule has 0 radical (unpaired) electrons. The Kier molecular flexibility index (Phi) is 6.50. The van der Waals surface area contributed by atoms with Gasteiger partial charge in [0.25, 0.3) is 5.56 Å². The number of hydrogen-bond acceptors (Lipinski definition) is 5. The number of hydrogen-bond donors (Lipinski definition) is 3. The molecular formula is C29H24IN7O. The molecule has 188 valence electrons. The highest BCUT2D eigenvalue weighted by molar-refractivity contribution is 14.1. The van der Waals surface area contributed by atoms with Crippen molar-refractivity contribution in [3.05, 3.63) is 123 Å². The highest BCUT2D eigenvalue weighted by Crippen LogP contribution is 2.31. The first-order valence-electron chi connectivity index (χ1n) is 12.2. The van der Waals surface area contributed by atoms with Crippen LogP contribution >= 0.6 is 22.6 Å². The second-order valence-electron chi connectivity index (χ2n) is 9.06. The molecule has 0 spiro atoms. The number of nitrogens with one attached hydrogen (secondary N) is 3. The maximum absolute atomic E-state index is 13.2. The minimum Gasteiger partial charge on any atom is -0.376 e. The number of pyridine rings is 2. The molecule has 38 heavy (non-hydrogen) atoms. The van der Waals surface area contributed by atoms with Gasteiger partial charge in [-0.25, -0.2) is 9.97 Å². The fraction of sp³-hybridized carbons (Fsp3) is 0.103. The van der Waals surface area contributed by atoms with E-state index in [0.29, 0.717) is 23.5 Å². The lowest BCUT2D eigenvalue weighted by Crippen LogP contribution is -2.19. The zero-order valence-electron chi connectivity index (χ0n) is 20.5. The van der Waals surface area contributed by atoms with Gasteiger partial charge >= 0.3 is 0 Å². The molecule has 4 heterocycles. The first-order valence-corrected chi connectivity index (χ1v) is 13.3. The zero-order valence-corrected chi connectivity index (χ0v) is 22.7. The molecule has 2 aromatic carbocycles. The molecule has 0 fully saturated rings. The molecule has 3 N–H and O–H groups in total. The van der Waals surface area contributed by atoms with E-state index in [1.807, 2.05) is 60.2 Å². The number of benzene rings is 2. The first kappa shape index (κ1) is 24.1. The number of halogens is 1. The third-order valence-electron chi connectivity index (χ3n) is 6.52. The number of aryl methyl sites for hydroxylation is 1. The van der Waals surface area contributed by atoms with Gasteiger partial charge in [0, 0.05) is 34.0 Å². The van der Waals surface area contributed by atoms with Crippen LogP contribution in [-0.4, -0.2) is 29.5 Å². The average molecular weight is 613 g/mol. The Bertz CT molecular complexity index is 1770. The molecule has 0 aliphatic heterocycles. The van der Waals surface area contributed by atoms with Crippen molar-refractivity contribution in [3.8, 4) is 17.1 Å². The van der Waals surface area contributed by atoms with Gasteiger partial charge in [-0.3, -0.25) is 9.78 Å². The standard InChI is InChI=1S/C29H24IN7O/c1-18-14-20(37-13-12-31-17-37)16-25-27(18)36-28(35-25)26-23(9-11-33-29(26)38)34-24(22-8-4-5-10-32-22)15-19-6-2-3-7-21(19)30/h2-14,16-17,24H,15H2,1H3,(H,35,36)(H2,33,34,38). The van der Waals surface area contributed by atoms with E-state index in [9.17, 15) is 4.79 Å². The smallest absolute Gasteiger partial charge is 0.261 e. The van der Waals surface area contributed by atoms with E-state index in [1.165, 1.54) is 9.13 Å². The Hall–Kier alpha value is -4.25. The number of imidazole rings is 2. The Labute approximate surface area is 232 Å². The van der Waals surface area contributed by atoms with Crippen LogP contribution in [0.15, 0.2) is 96.6 Å². The molecule has 1 unspecified atom stereocenters. The van der Waals surface area contributed by atoms with E-state index < -0.39 is 0 Å². The summed E-state index contributed by atoms with van der Waals surface area (Å²) in [5.41, 5.74) is 6.64. The van der Waals surface area contributed by atoms with E-state index in [4.69, 9.17) is 4.98 Å². The Balaban J connectivity index is 1.43. The van der Waals surface area contributed by atoms with Crippen LogP contribution in [0.2, 0.25) is 0 Å². The second kappa shape index (κ2) is 10.3. The molecular weight excluding hydrogens is 589 g/mol. The van der Waals surface area contributed by atoms with Crippen molar-refractivity contribution < 1.29 is 0 Å². The van der Waals surface area contributed by atoms with Crippen LogP contribution in [0, 0.1) is 10.5 Å². The van der Waals surface area contributed by atoms with Crippen molar-refractivity contribution in [3.63, 3.8) is 0 Å². The van der Waals surface area contributed by atoms with E-state index in [-0.39, 0.29) is 11.6 Å². The first-order chi connectivity index (χ1) is 18.6. The van der Waals surface area contributed by atoms with Crippen LogP contribution < -0.4 is 10.9 Å². The van der Waals surface area contributed by atoms with Gasteiger partial charge in [-0.05, 0) is 83.5 Å². The minimum absolute atomic E-state index is 0.161. The summed E-state index contributed by atoms with van der Waals surface area (Å²) in [7, 11) is 0. The maximum atomic E-state index is 13.2. The normalized spacial score (nSPS) is 12.1. The summed E-state index contributed by atoms with van der Waals surface area (Å²) >= 11 is 2.36. The van der Waals surface area contributed by atoms with Gasteiger partial charge in [0.1, 0.15) is 11.4 Å². The van der Waals surface area contributed by atoms with E-state index in [2.05, 4.69) is 66.0 Å². The average Bonchev–Trinajstić information content (AvgIpc) is 3.61. The molecule has 0 aliphatic rings. The molecule has 0 aliphatic carbocycles. The number of aromatic amines is 2. The van der Waals surface area contributed by atoms with Crippen molar-refractivity contribution in [2.45, 2.75) is 19.4 Å². The van der Waals surface area contributed by atoms with E-state index in [0.717, 1.165) is 28.0 Å². The topological polar surface area (TPSA) is 104 Å². The van der Waals surface area contributed by atoms with Crippen molar-refractivity contribution in [1.82, 2.24) is 29.5 Å². The number of rotatable bonds is 7. The fourth-order valence-corrected chi connectivity index (χ4v) is 5.28. The number of fused-ring (bicyclic) bond motifs is 1. The largest absolute Gasteiger partial charge is 0.376 e. The second-order valence-corrected chi connectivity index (χ2v) is 10.2. The molecule has 6 rings (SSSR count). The van der Waals surface area contributed by atoms with Crippen LogP contribution in [0.1, 0.15) is 22.9 Å². The maximum Gasteiger partial charge on any atom is 0.261 e. The number of nitrogens with zero attached hydrogens (tertiary/aromatic N) is 4. The van der Waals surface area contributed by atoms with E-state index >= 15 is 0 Å². The van der Waals surface area contributed by atoms with Gasteiger partial charge in [0.15, 0.2) is 0 Å². The molecule has 8 nitrogen and oxygen atoms in total. The van der Waals surface area contributed by atoms with Gasteiger partial charge in [-0.2, -0.15) is 0 Å². The predicted molar refractivity (Wildman–Crippen MR) is 157 cm³/mol. The number of anilines is 1. The van der Waals surface area contributed by atoms with Crippen molar-refractivity contribution in [1.29, 1.82) is 0 Å². The molecule has 6 aromatic rings. The van der Waals surface area contributed by atoms with Gasteiger partial charge < -0.3 is 19.9 Å². The summed E-state index contributed by atoms with van der Waals surface area (Å²) in [6.45, 7) is 2.01. The summed E-state index contributed by atoms with van der Waals surface area (Å²) in [5.74, 6) is 0.504. The van der Waals surface area contributed by atoms with E-state index in [1.54, 1.807) is 24.9 Å². The van der Waals surface area contributed by atoms with Crippen LogP contribution in [0.3, 0.4) is 0 Å². The Morgan fingerprint density at radius 1 is 1.08 bits per heavy atom. The molecule has 0 saturated heterocycles. The summed E-state index contributed by atoms with van der Waals surface area (Å²) in [6, 6.07) is 20.0. The Morgan fingerprint density at radius 3 is 2.74 bits per heavy atom. The fourth-order valence-electron chi connectivity index (χ4n) is 4.67. The van der Waals surface area contributed by atoms with Crippen LogP contribution in [0.5, 0.6) is 0 Å². The summed E-state index contributed by atoms with van der Waals surface area (Å²) < 4.78 is 3.12. The van der Waals surface area contributed by atoms with Gasteiger partial charge in [-0.15, -0.1) is 0 Å². The lowest BCUT2D eigenvalue weighted by Gasteiger charge is -2.21. The molecule has 1 atom stereocenters. The highest BCUT2D eigenvalue weighted by atomic mass is 127. The van der Waals surface area contributed by atoms with Crippen molar-refractivity contribution in [2.75, 3.05) is 5.32 Å². The van der Waals surface area contributed by atoms with Crippen LogP contribution in [0.25, 0.3) is 28.1 Å². The number of aromatic nitrogens is 6. The number of H-pyrrole nitrogens is 2. The van der Waals surface area contributed by atoms with Gasteiger partial charge in [0.2, 0.25) is 0 Å². The lowest BCUT2D eigenvalue weighted by molar-refractivity contribution is 0.744. The van der Waals surface area contributed by atoms with Gasteiger partial charge in [-0.1, -0.05) is 24.3 Å². The SMILES string of the molecule is Cc1cc(-n2ccnc2)cc2[nH]c(-c3c(NC(Cc4ccccc4I)c4ccccn4)cc[nH]c3=O)nc12. The molecule has 0 saturated carbocycles. The van der Waals surface area contributed by atoms with Crippen molar-refractivity contribution >= 4 is 39.3 Å². The molecule has 0 amide bonds. The summed E-state index contributed by atoms with van der Waals surface area (Å²) in [5, 5.41) is 3.61. The Morgan fingerprint density at radius 2 is 1.95 bits per heavy atom. The summed E-state index contributed by atoms with van der Waals surface area (Å²) in [6.07, 6.45) is 9.55. The van der Waals surface area contributed by atoms with Crippen LogP contribution in [0.4, 0.5) is 5.69 Å². The molecule has 4 aromatic heterocycles. The molecule has 9 heteroatoms. The zero-order chi connectivity index (χ0) is 26.1. The predicted octanol–water partition coefficient (Wildman–Crippen LogP) is 5.81. The lowest BCUT2D eigenvalue weighted by atomic mass is 10.0. The van der Waals surface area contributed by atoms with Gasteiger partial charge in [0.05, 0.1) is 34.8 Å². The minimum atomic E-state index is -0.226. The van der Waals surface area contributed by atoms with Crippen LogP contribution in [-0.2, 0) is 6.42 Å². The summed E-state index contributed by atoms with van der Waals surface area (Å²) in [4.78, 5) is 33.0. The highest BCUT2D eigenvalue weighted by Gasteiger charge is 2.21.